The largest absolute Gasteiger partial charge is 0.483 e. The van der Waals surface area contributed by atoms with Gasteiger partial charge in [0.05, 0.1) is 12.6 Å². The van der Waals surface area contributed by atoms with Gasteiger partial charge in [-0.25, -0.2) is 14.8 Å². The smallest absolute Gasteiger partial charge is 0.317 e. The van der Waals surface area contributed by atoms with Crippen molar-refractivity contribution >= 4 is 11.8 Å². The summed E-state index contributed by atoms with van der Waals surface area (Å²) < 4.78 is 6.11. The van der Waals surface area contributed by atoms with Gasteiger partial charge in [-0.2, -0.15) is 0 Å². The van der Waals surface area contributed by atoms with Crippen LogP contribution in [0.4, 0.5) is 4.79 Å². The Bertz CT molecular complexity index is 863. The maximum absolute atomic E-state index is 12.6. The Labute approximate surface area is 164 Å². The summed E-state index contributed by atoms with van der Waals surface area (Å²) in [6.45, 7) is 3.80. The van der Waals surface area contributed by atoms with E-state index in [1.165, 1.54) is 11.9 Å². The average molecular weight is 380 g/mol. The predicted octanol–water partition coefficient (Wildman–Crippen LogP) is 2.79. The number of fused-ring (bicyclic) bond motifs is 1. The zero-order valence-electron chi connectivity index (χ0n) is 15.9. The van der Waals surface area contributed by atoms with Gasteiger partial charge in [-0.15, -0.1) is 0 Å². The molecular formula is C21H24N4O3. The molecule has 2 aromatic rings. The van der Waals surface area contributed by atoms with E-state index in [1.54, 1.807) is 11.1 Å². The number of ether oxygens (including phenoxy) is 1. The number of nitrogens with zero attached hydrogens (tertiary/aromatic N) is 3. The van der Waals surface area contributed by atoms with E-state index < -0.39 is 5.60 Å². The number of nitrogens with one attached hydrogen (secondary N) is 1. The fraction of sp³-hybridized carbons (Fsp3) is 0.429. The molecule has 3 heterocycles. The number of hydrogen-bond donors (Lipinski definition) is 1. The fourth-order valence-electron chi connectivity index (χ4n) is 3.89. The van der Waals surface area contributed by atoms with Gasteiger partial charge in [0.15, 0.2) is 17.2 Å². The highest BCUT2D eigenvalue weighted by molar-refractivity contribution is 5.98. The molecule has 7 heteroatoms. The summed E-state index contributed by atoms with van der Waals surface area (Å²) in [6, 6.07) is 10.1. The molecule has 1 aromatic carbocycles. The molecule has 1 fully saturated rings. The van der Waals surface area contributed by atoms with E-state index >= 15 is 0 Å². The molecule has 0 saturated carbocycles. The number of Topliss-reactive ketones (excluding diaryl/α,β-unsaturated/α-hetero) is 1. The summed E-state index contributed by atoms with van der Waals surface area (Å²) >= 11 is 0. The van der Waals surface area contributed by atoms with Crippen LogP contribution in [0.1, 0.15) is 48.2 Å². The molecule has 4 rings (SSSR count). The zero-order valence-corrected chi connectivity index (χ0v) is 15.9. The van der Waals surface area contributed by atoms with Gasteiger partial charge in [0.2, 0.25) is 0 Å². The summed E-state index contributed by atoms with van der Waals surface area (Å²) in [5, 5.41) is 3.03. The molecule has 0 unspecified atom stereocenters. The van der Waals surface area contributed by atoms with E-state index in [0.717, 1.165) is 0 Å². The second kappa shape index (κ2) is 7.58. The molecule has 28 heavy (non-hydrogen) atoms. The summed E-state index contributed by atoms with van der Waals surface area (Å²) in [7, 11) is 0. The zero-order chi connectivity index (χ0) is 19.6. The SMILES string of the molecule is C[C@@H](CNC(=O)N1CCC2(CC1)CC(=O)c1ncncc1O2)c1ccccc1. The maximum Gasteiger partial charge on any atom is 0.317 e. The molecule has 2 amide bonds. The van der Waals surface area contributed by atoms with Crippen molar-refractivity contribution in [3.63, 3.8) is 0 Å². The summed E-state index contributed by atoms with van der Waals surface area (Å²) in [5.41, 5.74) is 1.01. The highest BCUT2D eigenvalue weighted by atomic mass is 16.5. The molecule has 1 spiro atoms. The molecule has 2 aliphatic rings. The van der Waals surface area contributed by atoms with Crippen LogP contribution in [-0.2, 0) is 0 Å². The van der Waals surface area contributed by atoms with Crippen LogP contribution >= 0.6 is 0 Å². The number of ketones is 1. The van der Waals surface area contributed by atoms with Crippen LogP contribution in [0.2, 0.25) is 0 Å². The number of aromatic nitrogens is 2. The van der Waals surface area contributed by atoms with Gasteiger partial charge in [0, 0.05) is 32.5 Å². The number of urea groups is 1. The normalized spacial score (nSPS) is 18.9. The first-order chi connectivity index (χ1) is 13.6. The molecular weight excluding hydrogens is 356 g/mol. The third-order valence-electron chi connectivity index (χ3n) is 5.64. The highest BCUT2D eigenvalue weighted by Gasteiger charge is 2.44. The Morgan fingerprint density at radius 2 is 2.04 bits per heavy atom. The van der Waals surface area contributed by atoms with E-state index in [9.17, 15) is 9.59 Å². The van der Waals surface area contributed by atoms with E-state index in [1.807, 2.05) is 18.2 Å². The number of amides is 2. The monoisotopic (exact) mass is 380 g/mol. The first-order valence-electron chi connectivity index (χ1n) is 9.66. The molecule has 0 radical (unpaired) electrons. The van der Waals surface area contributed by atoms with Gasteiger partial charge in [-0.05, 0) is 11.5 Å². The van der Waals surface area contributed by atoms with E-state index in [0.29, 0.717) is 50.3 Å². The van der Waals surface area contributed by atoms with Gasteiger partial charge in [0.25, 0.3) is 0 Å². The second-order valence-electron chi connectivity index (χ2n) is 7.61. The van der Waals surface area contributed by atoms with Crippen molar-refractivity contribution in [2.45, 2.75) is 37.7 Å². The first kappa shape index (κ1) is 18.4. The number of hydrogen-bond acceptors (Lipinski definition) is 5. The van der Waals surface area contributed by atoms with Crippen molar-refractivity contribution in [3.8, 4) is 5.75 Å². The van der Waals surface area contributed by atoms with Crippen LogP contribution in [0.15, 0.2) is 42.9 Å². The summed E-state index contributed by atoms with van der Waals surface area (Å²) in [4.78, 5) is 34.8. The van der Waals surface area contributed by atoms with E-state index in [4.69, 9.17) is 4.74 Å². The van der Waals surface area contributed by atoms with Crippen LogP contribution in [0.3, 0.4) is 0 Å². The number of piperidine rings is 1. The standard InChI is InChI=1S/C21H24N4O3/c1-15(16-5-3-2-4-6-16)12-23-20(27)25-9-7-21(8-10-25)11-17(26)19-18(28-21)13-22-14-24-19/h2-6,13-15H,7-12H2,1H3,(H,23,27)/t15-/m0/s1. The van der Waals surface area contributed by atoms with Crippen LogP contribution in [-0.4, -0.2) is 51.9 Å². The maximum atomic E-state index is 12.6. The quantitative estimate of drug-likeness (QED) is 0.885. The van der Waals surface area contributed by atoms with Crippen molar-refractivity contribution < 1.29 is 14.3 Å². The fourth-order valence-corrected chi connectivity index (χ4v) is 3.89. The van der Waals surface area contributed by atoms with Gasteiger partial charge in [-0.1, -0.05) is 37.3 Å². The third kappa shape index (κ3) is 3.69. The van der Waals surface area contributed by atoms with Gasteiger partial charge in [0.1, 0.15) is 11.9 Å². The molecule has 1 atom stereocenters. The van der Waals surface area contributed by atoms with Crippen LogP contribution in [0.25, 0.3) is 0 Å². The summed E-state index contributed by atoms with van der Waals surface area (Å²) in [5.74, 6) is 0.684. The molecule has 1 aromatic heterocycles. The van der Waals surface area contributed by atoms with Gasteiger partial charge >= 0.3 is 6.03 Å². The Kier molecular flexibility index (Phi) is 4.98. The molecule has 0 bridgehead atoms. The lowest BCUT2D eigenvalue weighted by Gasteiger charge is -2.43. The van der Waals surface area contributed by atoms with Crippen LogP contribution in [0, 0.1) is 0 Å². The number of carbonyl (C=O) groups is 2. The third-order valence-corrected chi connectivity index (χ3v) is 5.64. The van der Waals surface area contributed by atoms with E-state index in [2.05, 4.69) is 34.3 Å². The predicted molar refractivity (Wildman–Crippen MR) is 103 cm³/mol. The lowest BCUT2D eigenvalue weighted by Crippen LogP contribution is -2.54. The molecule has 7 nitrogen and oxygen atoms in total. The van der Waals surface area contributed by atoms with Crippen molar-refractivity contribution in [1.82, 2.24) is 20.2 Å². The Morgan fingerprint density at radius 3 is 2.79 bits per heavy atom. The van der Waals surface area contributed by atoms with Crippen LogP contribution in [0.5, 0.6) is 5.75 Å². The topological polar surface area (TPSA) is 84.4 Å². The number of likely N-dealkylation sites (tertiary alicyclic amines) is 1. The number of carbonyl (C=O) groups excluding carboxylic acids is 2. The Hall–Kier alpha value is -2.96. The van der Waals surface area contributed by atoms with E-state index in [-0.39, 0.29) is 17.7 Å². The lowest BCUT2D eigenvalue weighted by atomic mass is 9.83. The lowest BCUT2D eigenvalue weighted by molar-refractivity contribution is -0.00177. The minimum Gasteiger partial charge on any atom is -0.483 e. The first-order valence-corrected chi connectivity index (χ1v) is 9.66. The van der Waals surface area contributed by atoms with Gasteiger partial charge < -0.3 is 15.0 Å². The van der Waals surface area contributed by atoms with Gasteiger partial charge in [-0.3, -0.25) is 4.79 Å². The van der Waals surface area contributed by atoms with Crippen molar-refractivity contribution in [2.75, 3.05) is 19.6 Å². The van der Waals surface area contributed by atoms with Crippen molar-refractivity contribution in [2.24, 2.45) is 0 Å². The molecule has 0 aliphatic carbocycles. The minimum absolute atomic E-state index is 0.0155. The molecule has 1 N–H and O–H groups in total. The molecule has 1 saturated heterocycles. The average Bonchev–Trinajstić information content (AvgIpc) is 2.73. The molecule has 146 valence electrons. The summed E-state index contributed by atoms with van der Waals surface area (Å²) in [6.07, 6.45) is 4.45. The van der Waals surface area contributed by atoms with Crippen molar-refractivity contribution in [3.05, 3.63) is 54.1 Å². The Morgan fingerprint density at radius 1 is 1.29 bits per heavy atom. The Balaban J connectivity index is 1.32. The highest BCUT2D eigenvalue weighted by Crippen LogP contribution is 2.38. The molecule has 2 aliphatic heterocycles. The van der Waals surface area contributed by atoms with Crippen molar-refractivity contribution in [1.29, 1.82) is 0 Å². The minimum atomic E-state index is -0.553. The second-order valence-corrected chi connectivity index (χ2v) is 7.61. The number of benzene rings is 1. The van der Waals surface area contributed by atoms with Crippen LogP contribution < -0.4 is 10.1 Å². The number of rotatable bonds is 3.